The van der Waals surface area contributed by atoms with E-state index in [0.29, 0.717) is 17.7 Å². The fraction of sp³-hybridized carbons (Fsp3) is 0.400. The summed E-state index contributed by atoms with van der Waals surface area (Å²) in [4.78, 5) is 11.1. The predicted octanol–water partition coefficient (Wildman–Crippen LogP) is 3.31. The van der Waals surface area contributed by atoms with E-state index in [1.807, 2.05) is 30.3 Å². The van der Waals surface area contributed by atoms with Crippen molar-refractivity contribution in [3.05, 3.63) is 48.5 Å². The minimum Gasteiger partial charge on any atom is -0.481 e. The topological polar surface area (TPSA) is 77.2 Å². The summed E-state index contributed by atoms with van der Waals surface area (Å²) in [6.07, 6.45) is 5.04. The Morgan fingerprint density at radius 2 is 1.93 bits per heavy atom. The Morgan fingerprint density at radius 1 is 1.11 bits per heavy atom. The first-order valence-corrected chi connectivity index (χ1v) is 9.28. The molecule has 2 fully saturated rings. The number of aromatic nitrogens is 4. The maximum atomic E-state index is 5.99. The van der Waals surface area contributed by atoms with Crippen molar-refractivity contribution in [3.8, 4) is 17.3 Å². The van der Waals surface area contributed by atoms with Crippen molar-refractivity contribution < 1.29 is 9.15 Å². The highest BCUT2D eigenvalue weighted by Gasteiger charge is 2.58. The first-order chi connectivity index (χ1) is 13.3. The number of anilines is 1. The minimum atomic E-state index is 0.288. The van der Waals surface area contributed by atoms with Crippen molar-refractivity contribution in [3.63, 3.8) is 0 Å². The van der Waals surface area contributed by atoms with Crippen LogP contribution in [0.2, 0.25) is 0 Å². The third-order valence-electron chi connectivity index (χ3n) is 5.82. The molecule has 27 heavy (non-hydrogen) atoms. The van der Waals surface area contributed by atoms with Crippen LogP contribution in [0.25, 0.3) is 11.5 Å². The molecule has 7 nitrogen and oxygen atoms in total. The molecular formula is C20H21N5O2. The average Bonchev–Trinajstić information content (AvgIpc) is 3.20. The molecule has 1 atom stereocenters. The van der Waals surface area contributed by atoms with Gasteiger partial charge in [-0.3, -0.25) is 0 Å². The van der Waals surface area contributed by atoms with E-state index >= 15 is 0 Å². The smallest absolute Gasteiger partial charge is 0.247 e. The van der Waals surface area contributed by atoms with E-state index in [0.717, 1.165) is 49.8 Å². The Hall–Kier alpha value is -2.96. The molecule has 2 aromatic heterocycles. The van der Waals surface area contributed by atoms with Crippen molar-refractivity contribution in [1.82, 2.24) is 20.2 Å². The molecule has 1 aliphatic heterocycles. The van der Waals surface area contributed by atoms with E-state index in [1.54, 1.807) is 19.4 Å². The number of rotatable bonds is 4. The van der Waals surface area contributed by atoms with Gasteiger partial charge in [0.05, 0.1) is 7.11 Å². The summed E-state index contributed by atoms with van der Waals surface area (Å²) in [7, 11) is 1.63. The van der Waals surface area contributed by atoms with Gasteiger partial charge in [0.15, 0.2) is 0 Å². The van der Waals surface area contributed by atoms with Crippen molar-refractivity contribution in [1.29, 1.82) is 0 Å². The monoisotopic (exact) mass is 363 g/mol. The van der Waals surface area contributed by atoms with E-state index in [2.05, 4.69) is 25.1 Å². The second kappa shape index (κ2) is 6.33. The Bertz CT molecular complexity index is 934. The quantitative estimate of drug-likeness (QED) is 0.704. The lowest BCUT2D eigenvalue weighted by atomic mass is 9.91. The van der Waals surface area contributed by atoms with Crippen LogP contribution >= 0.6 is 0 Å². The standard InChI is InChI=1S/C20H21N5O2/c1-26-16-7-10-21-19(22-16)25-11-8-20(9-12-25)13-15(20)18-24-23-17(27-18)14-5-3-2-4-6-14/h2-7,10,15H,8-9,11-13H2,1H3. The lowest BCUT2D eigenvalue weighted by Gasteiger charge is -2.32. The molecule has 7 heteroatoms. The molecule has 138 valence electrons. The first-order valence-electron chi connectivity index (χ1n) is 9.28. The first kappa shape index (κ1) is 16.2. The molecule has 2 aliphatic rings. The zero-order valence-electron chi connectivity index (χ0n) is 15.2. The molecule has 0 amide bonds. The molecule has 1 unspecified atom stereocenters. The Morgan fingerprint density at radius 3 is 2.70 bits per heavy atom. The SMILES string of the molecule is COc1ccnc(N2CCC3(CC2)CC3c2nnc(-c3ccccc3)o2)n1. The van der Waals surface area contributed by atoms with Crippen molar-refractivity contribution in [2.45, 2.75) is 25.2 Å². The second-order valence-corrected chi connectivity index (χ2v) is 7.32. The van der Waals surface area contributed by atoms with Gasteiger partial charge in [0, 0.05) is 36.8 Å². The van der Waals surface area contributed by atoms with E-state index in [4.69, 9.17) is 9.15 Å². The summed E-state index contributed by atoms with van der Waals surface area (Å²) < 4.78 is 11.2. The fourth-order valence-corrected chi connectivity index (χ4v) is 4.07. The molecule has 0 bridgehead atoms. The van der Waals surface area contributed by atoms with Gasteiger partial charge in [-0.05, 0) is 36.8 Å². The summed E-state index contributed by atoms with van der Waals surface area (Å²) in [5.41, 5.74) is 1.26. The lowest BCUT2D eigenvalue weighted by molar-refractivity contribution is 0.349. The highest BCUT2D eigenvalue weighted by atomic mass is 16.5. The van der Waals surface area contributed by atoms with Crippen LogP contribution in [0.5, 0.6) is 5.88 Å². The molecule has 1 saturated heterocycles. The van der Waals surface area contributed by atoms with Crippen molar-refractivity contribution >= 4 is 5.95 Å². The minimum absolute atomic E-state index is 0.288. The van der Waals surface area contributed by atoms with Crippen molar-refractivity contribution in [2.24, 2.45) is 5.41 Å². The zero-order chi connectivity index (χ0) is 18.3. The van der Waals surface area contributed by atoms with Crippen molar-refractivity contribution in [2.75, 3.05) is 25.1 Å². The molecule has 1 aliphatic carbocycles. The van der Waals surface area contributed by atoms with Crippen LogP contribution in [-0.4, -0.2) is 40.4 Å². The third-order valence-corrected chi connectivity index (χ3v) is 5.82. The van der Waals surface area contributed by atoms with E-state index in [-0.39, 0.29) is 5.41 Å². The highest BCUT2D eigenvalue weighted by Crippen LogP contribution is 2.64. The Kier molecular flexibility index (Phi) is 3.81. The van der Waals surface area contributed by atoms with Gasteiger partial charge in [-0.25, -0.2) is 4.98 Å². The molecular weight excluding hydrogens is 342 g/mol. The highest BCUT2D eigenvalue weighted by molar-refractivity contribution is 5.52. The Balaban J connectivity index is 1.26. The number of nitrogens with zero attached hydrogens (tertiary/aromatic N) is 5. The van der Waals surface area contributed by atoms with Gasteiger partial charge < -0.3 is 14.1 Å². The molecule has 1 saturated carbocycles. The van der Waals surface area contributed by atoms with Gasteiger partial charge in [-0.2, -0.15) is 4.98 Å². The lowest BCUT2D eigenvalue weighted by Crippen LogP contribution is -2.36. The summed E-state index contributed by atoms with van der Waals surface area (Å²) in [5, 5.41) is 8.58. The molecule has 5 rings (SSSR count). The summed E-state index contributed by atoms with van der Waals surface area (Å²) in [5.74, 6) is 3.10. The molecule has 0 radical (unpaired) electrons. The van der Waals surface area contributed by atoms with Gasteiger partial charge in [-0.15, -0.1) is 10.2 Å². The fourth-order valence-electron chi connectivity index (χ4n) is 4.07. The number of hydrogen-bond donors (Lipinski definition) is 0. The van der Waals surface area contributed by atoms with Gasteiger partial charge in [0.2, 0.25) is 23.6 Å². The summed E-state index contributed by atoms with van der Waals surface area (Å²) in [6.45, 7) is 1.87. The van der Waals surface area contributed by atoms with E-state index in [1.165, 1.54) is 0 Å². The number of benzene rings is 1. The molecule has 3 aromatic rings. The molecule has 0 N–H and O–H groups in total. The van der Waals surface area contributed by atoms with Gasteiger partial charge in [0.25, 0.3) is 0 Å². The summed E-state index contributed by atoms with van der Waals surface area (Å²) in [6, 6.07) is 11.7. The van der Waals surface area contributed by atoms with Crippen LogP contribution in [0.4, 0.5) is 5.95 Å². The molecule has 3 heterocycles. The third kappa shape index (κ3) is 2.93. The molecule has 1 aromatic carbocycles. The van der Waals surface area contributed by atoms with E-state index < -0.39 is 0 Å². The zero-order valence-corrected chi connectivity index (χ0v) is 15.2. The largest absolute Gasteiger partial charge is 0.481 e. The molecule has 1 spiro atoms. The summed E-state index contributed by atoms with van der Waals surface area (Å²) >= 11 is 0. The average molecular weight is 363 g/mol. The van der Waals surface area contributed by atoms with E-state index in [9.17, 15) is 0 Å². The Labute approximate surface area is 157 Å². The number of hydrogen-bond acceptors (Lipinski definition) is 7. The number of piperidine rings is 1. The van der Waals surface area contributed by atoms with Crippen LogP contribution in [-0.2, 0) is 0 Å². The maximum absolute atomic E-state index is 5.99. The van der Waals surface area contributed by atoms with Crippen LogP contribution < -0.4 is 9.64 Å². The number of methoxy groups -OCH3 is 1. The second-order valence-electron chi connectivity index (χ2n) is 7.32. The van der Waals surface area contributed by atoms with Crippen LogP contribution in [0.15, 0.2) is 47.0 Å². The van der Waals surface area contributed by atoms with Crippen LogP contribution in [0.3, 0.4) is 0 Å². The predicted molar refractivity (Wildman–Crippen MR) is 99.6 cm³/mol. The number of ether oxygens (including phenoxy) is 1. The van der Waals surface area contributed by atoms with Gasteiger partial charge in [-0.1, -0.05) is 18.2 Å². The van der Waals surface area contributed by atoms with Crippen LogP contribution in [0, 0.1) is 5.41 Å². The van der Waals surface area contributed by atoms with Crippen LogP contribution in [0.1, 0.15) is 31.1 Å². The van der Waals surface area contributed by atoms with Gasteiger partial charge >= 0.3 is 0 Å². The normalized spacial score (nSPS) is 20.6. The maximum Gasteiger partial charge on any atom is 0.247 e. The van der Waals surface area contributed by atoms with Gasteiger partial charge in [0.1, 0.15) is 0 Å².